The van der Waals surface area contributed by atoms with E-state index >= 15 is 0 Å². The number of rotatable bonds is 3. The minimum absolute atomic E-state index is 0.0526. The molecule has 3 rings (SSSR count). The summed E-state index contributed by atoms with van der Waals surface area (Å²) in [5.74, 6) is 0.578. The third-order valence-corrected chi connectivity index (χ3v) is 3.86. The van der Waals surface area contributed by atoms with Crippen molar-refractivity contribution >= 4 is 22.6 Å². The smallest absolute Gasteiger partial charge is 0.224 e. The second kappa shape index (κ2) is 5.94. The number of pyridine rings is 1. The van der Waals surface area contributed by atoms with E-state index in [4.69, 9.17) is 0 Å². The Morgan fingerprint density at radius 2 is 1.95 bits per heavy atom. The first-order valence-electron chi connectivity index (χ1n) is 7.17. The van der Waals surface area contributed by atoms with Crippen LogP contribution in [0.4, 0.5) is 5.69 Å². The summed E-state index contributed by atoms with van der Waals surface area (Å²) in [6.07, 6.45) is 13.3. The summed E-state index contributed by atoms with van der Waals surface area (Å²) in [6.45, 7) is 0. The number of amides is 1. The maximum Gasteiger partial charge on any atom is 0.224 e. The van der Waals surface area contributed by atoms with E-state index in [2.05, 4.69) is 20.3 Å². The number of nitrogens with one attached hydrogen (secondary N) is 1. The van der Waals surface area contributed by atoms with Crippen molar-refractivity contribution in [2.75, 3.05) is 5.32 Å². The normalized spacial score (nSPS) is 16.2. The Bertz CT molecular complexity index is 602. The second-order valence-electron chi connectivity index (χ2n) is 5.37. The highest BCUT2D eigenvalue weighted by atomic mass is 16.1. The summed E-state index contributed by atoms with van der Waals surface area (Å²) in [5, 5.41) is 2.93. The van der Waals surface area contributed by atoms with Crippen LogP contribution in [0.5, 0.6) is 0 Å². The van der Waals surface area contributed by atoms with Gasteiger partial charge in [-0.05, 0) is 18.8 Å². The van der Waals surface area contributed by atoms with Gasteiger partial charge in [0, 0.05) is 18.8 Å². The van der Waals surface area contributed by atoms with Crippen molar-refractivity contribution in [3.63, 3.8) is 0 Å². The minimum atomic E-state index is 0.0526. The van der Waals surface area contributed by atoms with E-state index in [9.17, 15) is 4.79 Å². The molecule has 2 aromatic rings. The van der Waals surface area contributed by atoms with Crippen molar-refractivity contribution in [2.45, 2.75) is 38.5 Å². The van der Waals surface area contributed by atoms with Crippen LogP contribution in [0.25, 0.3) is 11.0 Å². The Morgan fingerprint density at radius 3 is 2.80 bits per heavy atom. The lowest BCUT2D eigenvalue weighted by Gasteiger charge is -2.20. The number of aromatic nitrogens is 3. The van der Waals surface area contributed by atoms with Crippen molar-refractivity contribution < 1.29 is 4.79 Å². The van der Waals surface area contributed by atoms with E-state index in [-0.39, 0.29) is 5.91 Å². The second-order valence-corrected chi connectivity index (χ2v) is 5.37. The van der Waals surface area contributed by atoms with Gasteiger partial charge in [0.05, 0.1) is 18.1 Å². The van der Waals surface area contributed by atoms with Gasteiger partial charge < -0.3 is 5.32 Å². The first-order chi connectivity index (χ1) is 9.83. The number of hydrogen-bond acceptors (Lipinski definition) is 4. The molecule has 1 fully saturated rings. The van der Waals surface area contributed by atoms with Crippen LogP contribution in [0.15, 0.2) is 24.8 Å². The van der Waals surface area contributed by atoms with E-state index in [0.29, 0.717) is 29.1 Å². The molecule has 0 atom stereocenters. The lowest BCUT2D eigenvalue weighted by Crippen LogP contribution is -2.18. The molecule has 0 spiro atoms. The molecule has 0 radical (unpaired) electrons. The number of anilines is 1. The van der Waals surface area contributed by atoms with Crippen LogP contribution in [0.1, 0.15) is 38.5 Å². The van der Waals surface area contributed by atoms with Crippen LogP contribution < -0.4 is 5.32 Å². The minimum Gasteiger partial charge on any atom is -0.323 e. The van der Waals surface area contributed by atoms with E-state index in [0.717, 1.165) is 0 Å². The fraction of sp³-hybridized carbons (Fsp3) is 0.467. The first kappa shape index (κ1) is 13.0. The summed E-state index contributed by atoms with van der Waals surface area (Å²) in [5.41, 5.74) is 2.04. The van der Waals surface area contributed by atoms with Gasteiger partial charge >= 0.3 is 0 Å². The molecule has 0 aliphatic heterocycles. The molecular formula is C15H18N4O. The topological polar surface area (TPSA) is 67.8 Å². The van der Waals surface area contributed by atoms with Crippen molar-refractivity contribution in [2.24, 2.45) is 5.92 Å². The third kappa shape index (κ3) is 2.92. The number of fused-ring (bicyclic) bond motifs is 1. The lowest BCUT2D eigenvalue weighted by atomic mass is 9.87. The first-order valence-corrected chi connectivity index (χ1v) is 7.17. The summed E-state index contributed by atoms with van der Waals surface area (Å²) >= 11 is 0. The van der Waals surface area contributed by atoms with Gasteiger partial charge in [0.1, 0.15) is 11.0 Å². The van der Waals surface area contributed by atoms with Crippen LogP contribution in [0, 0.1) is 5.92 Å². The zero-order chi connectivity index (χ0) is 13.8. The fourth-order valence-electron chi connectivity index (χ4n) is 2.84. The molecule has 104 valence electrons. The molecule has 1 saturated carbocycles. The zero-order valence-corrected chi connectivity index (χ0v) is 11.4. The molecule has 0 unspecified atom stereocenters. The monoisotopic (exact) mass is 270 g/mol. The van der Waals surface area contributed by atoms with Crippen LogP contribution >= 0.6 is 0 Å². The zero-order valence-electron chi connectivity index (χ0n) is 11.4. The van der Waals surface area contributed by atoms with Crippen molar-refractivity contribution in [3.05, 3.63) is 24.8 Å². The van der Waals surface area contributed by atoms with Gasteiger partial charge in [-0.2, -0.15) is 0 Å². The Kier molecular flexibility index (Phi) is 3.85. The van der Waals surface area contributed by atoms with Crippen LogP contribution in [0.3, 0.4) is 0 Å². The molecule has 5 heteroatoms. The number of hydrogen-bond donors (Lipinski definition) is 1. The van der Waals surface area contributed by atoms with Gasteiger partial charge in [0.15, 0.2) is 0 Å². The van der Waals surface area contributed by atoms with Gasteiger partial charge in [0.2, 0.25) is 5.91 Å². The van der Waals surface area contributed by atoms with Crippen LogP contribution in [0.2, 0.25) is 0 Å². The van der Waals surface area contributed by atoms with Gasteiger partial charge in [-0.25, -0.2) is 0 Å². The summed E-state index contributed by atoms with van der Waals surface area (Å²) in [4.78, 5) is 24.7. The fourth-order valence-corrected chi connectivity index (χ4v) is 2.84. The Hall–Kier alpha value is -2.04. The molecular weight excluding hydrogens is 252 g/mol. The lowest BCUT2D eigenvalue weighted by molar-refractivity contribution is -0.117. The summed E-state index contributed by atoms with van der Waals surface area (Å²) in [6, 6.07) is 0. The maximum atomic E-state index is 12.1. The SMILES string of the molecule is O=C(CC1CCCCC1)Nc1cncc2nccnc12. The molecule has 0 aromatic carbocycles. The molecule has 2 heterocycles. The van der Waals surface area contributed by atoms with Gasteiger partial charge in [-0.15, -0.1) is 0 Å². The van der Waals surface area contributed by atoms with Crippen molar-refractivity contribution in [1.82, 2.24) is 15.0 Å². The highest BCUT2D eigenvalue weighted by Gasteiger charge is 2.17. The number of carbonyl (C=O) groups is 1. The van der Waals surface area contributed by atoms with Gasteiger partial charge in [0.25, 0.3) is 0 Å². The maximum absolute atomic E-state index is 12.1. The molecule has 2 aromatic heterocycles. The standard InChI is InChI=1S/C15H18N4O/c20-14(8-11-4-2-1-3-5-11)19-13-10-16-9-12-15(13)18-7-6-17-12/h6-7,9-11H,1-5,8H2,(H,19,20). The number of nitrogens with zero attached hydrogens (tertiary/aromatic N) is 3. The molecule has 1 aliphatic rings. The molecule has 20 heavy (non-hydrogen) atoms. The molecule has 1 N–H and O–H groups in total. The molecule has 5 nitrogen and oxygen atoms in total. The Morgan fingerprint density at radius 1 is 1.15 bits per heavy atom. The summed E-state index contributed by atoms with van der Waals surface area (Å²) in [7, 11) is 0. The van der Waals surface area contributed by atoms with Gasteiger partial charge in [-0.3, -0.25) is 19.7 Å². The van der Waals surface area contributed by atoms with Crippen LogP contribution in [-0.2, 0) is 4.79 Å². The number of carbonyl (C=O) groups excluding carboxylic acids is 1. The van der Waals surface area contributed by atoms with Crippen molar-refractivity contribution in [1.29, 1.82) is 0 Å². The summed E-state index contributed by atoms with van der Waals surface area (Å²) < 4.78 is 0. The molecule has 1 amide bonds. The van der Waals surface area contributed by atoms with E-state index < -0.39 is 0 Å². The largest absolute Gasteiger partial charge is 0.323 e. The van der Waals surface area contributed by atoms with Gasteiger partial charge in [-0.1, -0.05) is 19.3 Å². The highest BCUT2D eigenvalue weighted by molar-refractivity contribution is 5.98. The molecule has 0 saturated heterocycles. The third-order valence-electron chi connectivity index (χ3n) is 3.86. The highest BCUT2D eigenvalue weighted by Crippen LogP contribution is 2.27. The predicted octanol–water partition coefficient (Wildman–Crippen LogP) is 2.93. The van der Waals surface area contributed by atoms with E-state index in [1.165, 1.54) is 32.1 Å². The molecule has 1 aliphatic carbocycles. The average Bonchev–Trinajstić information content (AvgIpc) is 2.48. The van der Waals surface area contributed by atoms with E-state index in [1.54, 1.807) is 24.8 Å². The van der Waals surface area contributed by atoms with Crippen LogP contribution in [-0.4, -0.2) is 20.9 Å². The quantitative estimate of drug-likeness (QED) is 0.931. The average molecular weight is 270 g/mol. The molecule has 0 bridgehead atoms. The Balaban J connectivity index is 1.71. The Labute approximate surface area is 117 Å². The van der Waals surface area contributed by atoms with Crippen molar-refractivity contribution in [3.8, 4) is 0 Å². The predicted molar refractivity (Wildman–Crippen MR) is 77.2 cm³/mol. The van der Waals surface area contributed by atoms with E-state index in [1.807, 2.05) is 0 Å².